The Bertz CT molecular complexity index is 650. The molecule has 4 nitrogen and oxygen atoms in total. The molecule has 2 aromatic carbocycles. The summed E-state index contributed by atoms with van der Waals surface area (Å²) >= 11 is 0. The van der Waals surface area contributed by atoms with Gasteiger partial charge in [0, 0.05) is 32.2 Å². The Hall–Kier alpha value is -1.46. The molecule has 0 bridgehead atoms. The van der Waals surface area contributed by atoms with Crippen molar-refractivity contribution >= 4 is 24.8 Å². The van der Waals surface area contributed by atoms with Crippen LogP contribution in [-0.2, 0) is 6.61 Å². The van der Waals surface area contributed by atoms with E-state index >= 15 is 0 Å². The van der Waals surface area contributed by atoms with Crippen molar-refractivity contribution in [1.29, 1.82) is 0 Å². The van der Waals surface area contributed by atoms with Gasteiger partial charge in [0.2, 0.25) is 0 Å². The lowest BCUT2D eigenvalue weighted by atomic mass is 10.1. The van der Waals surface area contributed by atoms with Crippen molar-refractivity contribution in [2.75, 3.05) is 33.3 Å². The van der Waals surface area contributed by atoms with Gasteiger partial charge in [-0.3, -0.25) is 4.90 Å². The van der Waals surface area contributed by atoms with Gasteiger partial charge in [0.25, 0.3) is 0 Å². The molecule has 26 heavy (non-hydrogen) atoms. The van der Waals surface area contributed by atoms with E-state index in [9.17, 15) is 0 Å². The summed E-state index contributed by atoms with van der Waals surface area (Å²) in [7, 11) is 1.68. The molecule has 1 aliphatic heterocycles. The van der Waals surface area contributed by atoms with Crippen molar-refractivity contribution in [3.8, 4) is 11.5 Å². The first-order chi connectivity index (χ1) is 11.8. The molecule has 144 valence electrons. The van der Waals surface area contributed by atoms with Crippen LogP contribution < -0.4 is 14.8 Å². The van der Waals surface area contributed by atoms with Crippen LogP contribution in [0.3, 0.4) is 0 Å². The van der Waals surface area contributed by atoms with Crippen LogP contribution in [0.4, 0.5) is 0 Å². The summed E-state index contributed by atoms with van der Waals surface area (Å²) in [4.78, 5) is 2.50. The maximum Gasteiger partial charge on any atom is 0.161 e. The van der Waals surface area contributed by atoms with Gasteiger partial charge in [-0.15, -0.1) is 24.8 Å². The third-order valence-corrected chi connectivity index (χ3v) is 4.61. The number of hydrogen-bond acceptors (Lipinski definition) is 4. The van der Waals surface area contributed by atoms with E-state index in [-0.39, 0.29) is 24.8 Å². The molecule has 0 aromatic heterocycles. The average molecular weight is 399 g/mol. The predicted molar refractivity (Wildman–Crippen MR) is 111 cm³/mol. The van der Waals surface area contributed by atoms with Crippen LogP contribution in [0, 0.1) is 0 Å². The van der Waals surface area contributed by atoms with Crippen LogP contribution in [0.15, 0.2) is 48.5 Å². The third-order valence-electron chi connectivity index (χ3n) is 4.61. The number of nitrogens with one attached hydrogen (secondary N) is 1. The molecule has 0 unspecified atom stereocenters. The maximum atomic E-state index is 6.04. The lowest BCUT2D eigenvalue weighted by molar-refractivity contribution is 0.185. The van der Waals surface area contributed by atoms with Crippen molar-refractivity contribution in [3.63, 3.8) is 0 Å². The van der Waals surface area contributed by atoms with Gasteiger partial charge in [-0.05, 0) is 30.2 Å². The van der Waals surface area contributed by atoms with Crippen LogP contribution in [-0.4, -0.2) is 38.2 Å². The van der Waals surface area contributed by atoms with Crippen LogP contribution in [0.1, 0.15) is 24.1 Å². The van der Waals surface area contributed by atoms with Crippen molar-refractivity contribution in [2.24, 2.45) is 0 Å². The quantitative estimate of drug-likeness (QED) is 0.794. The lowest BCUT2D eigenvalue weighted by Crippen LogP contribution is -2.44. The Labute approximate surface area is 168 Å². The summed E-state index contributed by atoms with van der Waals surface area (Å²) in [6.45, 7) is 7.06. The minimum absolute atomic E-state index is 0. The lowest BCUT2D eigenvalue weighted by Gasteiger charge is -2.33. The Morgan fingerprint density at radius 2 is 1.69 bits per heavy atom. The van der Waals surface area contributed by atoms with Crippen molar-refractivity contribution in [1.82, 2.24) is 10.2 Å². The maximum absolute atomic E-state index is 6.04. The molecule has 1 aliphatic rings. The summed E-state index contributed by atoms with van der Waals surface area (Å²) in [5.74, 6) is 1.59. The summed E-state index contributed by atoms with van der Waals surface area (Å²) < 4.78 is 11.5. The molecule has 1 saturated heterocycles. The fourth-order valence-corrected chi connectivity index (χ4v) is 3.08. The standard InChI is InChI=1S/C20H26N2O2.2ClH/c1-16(22-12-10-21-11-13-22)18-8-9-19(23-2)20(14-18)24-15-17-6-4-3-5-7-17;;/h3-9,14,16,21H,10-13,15H2,1-2H3;2*1H/t16-;;/m1../s1. The summed E-state index contributed by atoms with van der Waals surface area (Å²) in [6, 6.07) is 16.8. The molecule has 1 fully saturated rings. The first-order valence-corrected chi connectivity index (χ1v) is 8.57. The second-order valence-electron chi connectivity index (χ2n) is 6.15. The highest BCUT2D eigenvalue weighted by Crippen LogP contribution is 2.32. The first kappa shape index (κ1) is 22.6. The van der Waals surface area contributed by atoms with E-state index in [0.29, 0.717) is 12.6 Å². The second-order valence-corrected chi connectivity index (χ2v) is 6.15. The van der Waals surface area contributed by atoms with Gasteiger partial charge in [0.15, 0.2) is 11.5 Å². The van der Waals surface area contributed by atoms with Crippen LogP contribution in [0.5, 0.6) is 11.5 Å². The molecule has 3 rings (SSSR count). The highest BCUT2D eigenvalue weighted by molar-refractivity contribution is 5.85. The number of benzene rings is 2. The second kappa shape index (κ2) is 11.3. The highest BCUT2D eigenvalue weighted by atomic mass is 35.5. The van der Waals surface area contributed by atoms with Crippen molar-refractivity contribution < 1.29 is 9.47 Å². The Kier molecular flexibility index (Phi) is 9.81. The SMILES string of the molecule is COc1ccc([C@@H](C)N2CCNCC2)cc1OCc1ccccc1.Cl.Cl. The normalized spacial score (nSPS) is 15.3. The number of halogens is 2. The van der Waals surface area contributed by atoms with Gasteiger partial charge in [-0.2, -0.15) is 0 Å². The van der Waals surface area contributed by atoms with Gasteiger partial charge < -0.3 is 14.8 Å². The fourth-order valence-electron chi connectivity index (χ4n) is 3.08. The Morgan fingerprint density at radius 3 is 2.35 bits per heavy atom. The fraction of sp³-hybridized carbons (Fsp3) is 0.400. The van der Waals surface area contributed by atoms with Gasteiger partial charge in [0.05, 0.1) is 7.11 Å². The molecule has 0 aliphatic carbocycles. The summed E-state index contributed by atoms with van der Waals surface area (Å²) in [6.07, 6.45) is 0. The molecule has 1 atom stereocenters. The molecule has 0 amide bonds. The largest absolute Gasteiger partial charge is 0.493 e. The summed E-state index contributed by atoms with van der Waals surface area (Å²) in [5, 5.41) is 3.40. The van der Waals surface area contributed by atoms with E-state index < -0.39 is 0 Å². The summed E-state index contributed by atoms with van der Waals surface area (Å²) in [5.41, 5.74) is 2.42. The smallest absolute Gasteiger partial charge is 0.161 e. The molecule has 1 heterocycles. The number of rotatable bonds is 6. The number of piperazine rings is 1. The van der Waals surface area contributed by atoms with E-state index in [0.717, 1.165) is 43.2 Å². The average Bonchev–Trinajstić information content (AvgIpc) is 2.67. The Morgan fingerprint density at radius 1 is 1.00 bits per heavy atom. The topological polar surface area (TPSA) is 33.7 Å². The molecule has 2 aromatic rings. The predicted octanol–water partition coefficient (Wildman–Crippen LogP) is 4.08. The number of nitrogens with zero attached hydrogens (tertiary/aromatic N) is 1. The zero-order chi connectivity index (χ0) is 16.8. The van der Waals surface area contributed by atoms with Crippen molar-refractivity contribution in [3.05, 3.63) is 59.7 Å². The minimum atomic E-state index is 0. The van der Waals surface area contributed by atoms with Crippen LogP contribution in [0.2, 0.25) is 0 Å². The van der Waals surface area contributed by atoms with Crippen molar-refractivity contribution in [2.45, 2.75) is 19.6 Å². The van der Waals surface area contributed by atoms with Crippen LogP contribution >= 0.6 is 24.8 Å². The number of ether oxygens (including phenoxy) is 2. The van der Waals surface area contributed by atoms with E-state index in [1.165, 1.54) is 5.56 Å². The monoisotopic (exact) mass is 398 g/mol. The van der Waals surface area contributed by atoms with Gasteiger partial charge in [0.1, 0.15) is 6.61 Å². The number of hydrogen-bond donors (Lipinski definition) is 1. The molecule has 0 saturated carbocycles. The zero-order valence-electron chi connectivity index (χ0n) is 15.3. The van der Waals surface area contributed by atoms with Gasteiger partial charge >= 0.3 is 0 Å². The first-order valence-electron chi connectivity index (χ1n) is 8.57. The zero-order valence-corrected chi connectivity index (χ0v) is 16.9. The molecular formula is C20H28Cl2N2O2. The van der Waals surface area contributed by atoms with E-state index in [2.05, 4.69) is 41.4 Å². The van der Waals surface area contributed by atoms with E-state index in [1.807, 2.05) is 24.3 Å². The van der Waals surface area contributed by atoms with Crippen LogP contribution in [0.25, 0.3) is 0 Å². The van der Waals surface area contributed by atoms with Gasteiger partial charge in [-0.25, -0.2) is 0 Å². The van der Waals surface area contributed by atoms with E-state index in [4.69, 9.17) is 9.47 Å². The molecule has 0 radical (unpaired) electrons. The third kappa shape index (κ3) is 5.78. The molecule has 6 heteroatoms. The Balaban J connectivity index is 0.00000169. The highest BCUT2D eigenvalue weighted by Gasteiger charge is 2.19. The minimum Gasteiger partial charge on any atom is -0.493 e. The van der Waals surface area contributed by atoms with Gasteiger partial charge in [-0.1, -0.05) is 36.4 Å². The molecular weight excluding hydrogens is 371 g/mol. The molecule has 0 spiro atoms. The molecule has 1 N–H and O–H groups in total. The number of methoxy groups -OCH3 is 1. The van der Waals surface area contributed by atoms with E-state index in [1.54, 1.807) is 7.11 Å².